The molecule has 2 aliphatic heterocycles. The lowest BCUT2D eigenvalue weighted by Gasteiger charge is -2.30. The van der Waals surface area contributed by atoms with Crippen molar-refractivity contribution < 1.29 is 27.4 Å². The third-order valence-electron chi connectivity index (χ3n) is 4.62. The van der Waals surface area contributed by atoms with Gasteiger partial charge in [0.1, 0.15) is 6.07 Å². The number of ether oxygens (including phenoxy) is 3. The molecule has 1 aromatic carbocycles. The zero-order valence-corrected chi connectivity index (χ0v) is 15.9. The fourth-order valence-electron chi connectivity index (χ4n) is 3.08. The first-order valence-electron chi connectivity index (χ1n) is 8.91. The van der Waals surface area contributed by atoms with E-state index in [0.717, 1.165) is 6.42 Å². The Labute approximate surface area is 158 Å². The van der Waals surface area contributed by atoms with Crippen LogP contribution in [0.5, 0.6) is 11.5 Å². The fourth-order valence-corrected chi connectivity index (χ4v) is 4.57. The van der Waals surface area contributed by atoms with E-state index in [1.807, 2.05) is 6.07 Å². The molecule has 0 aromatic heterocycles. The molecule has 0 aliphatic carbocycles. The highest BCUT2D eigenvalue weighted by Crippen LogP contribution is 2.33. The molecule has 1 atom stereocenters. The number of carbonyl (C=O) groups is 1. The maximum absolute atomic E-state index is 12.9. The van der Waals surface area contributed by atoms with Crippen LogP contribution < -0.4 is 9.47 Å². The van der Waals surface area contributed by atoms with E-state index in [4.69, 9.17) is 19.5 Å². The average Bonchev–Trinajstić information content (AvgIpc) is 2.92. The van der Waals surface area contributed by atoms with Crippen LogP contribution in [0.25, 0.3) is 0 Å². The monoisotopic (exact) mass is 394 g/mol. The fraction of sp³-hybridized carbons (Fsp3) is 0.556. The minimum absolute atomic E-state index is 0.144. The number of sulfonamides is 1. The zero-order chi connectivity index (χ0) is 19.4. The normalized spacial score (nSPS) is 19.6. The van der Waals surface area contributed by atoms with Gasteiger partial charge in [0.2, 0.25) is 10.0 Å². The van der Waals surface area contributed by atoms with Crippen molar-refractivity contribution in [2.75, 3.05) is 26.3 Å². The predicted molar refractivity (Wildman–Crippen MR) is 94.7 cm³/mol. The topological polar surface area (TPSA) is 106 Å². The number of nitriles is 1. The second-order valence-electron chi connectivity index (χ2n) is 6.55. The first-order chi connectivity index (χ1) is 12.9. The van der Waals surface area contributed by atoms with Crippen molar-refractivity contribution in [2.24, 2.45) is 5.92 Å². The molecule has 0 saturated carbocycles. The minimum atomic E-state index is -3.69. The molecule has 2 heterocycles. The molecule has 8 nitrogen and oxygen atoms in total. The molecule has 27 heavy (non-hydrogen) atoms. The van der Waals surface area contributed by atoms with E-state index in [-0.39, 0.29) is 18.0 Å². The number of carbonyl (C=O) groups excluding carboxylic acids is 1. The van der Waals surface area contributed by atoms with E-state index in [1.54, 1.807) is 6.07 Å². The van der Waals surface area contributed by atoms with E-state index >= 15 is 0 Å². The Morgan fingerprint density at radius 2 is 1.93 bits per heavy atom. The van der Waals surface area contributed by atoms with Crippen LogP contribution in [0.15, 0.2) is 23.1 Å². The molecule has 9 heteroatoms. The van der Waals surface area contributed by atoms with Gasteiger partial charge < -0.3 is 14.2 Å². The lowest BCUT2D eigenvalue weighted by atomic mass is 9.98. The van der Waals surface area contributed by atoms with Crippen LogP contribution in [0.2, 0.25) is 0 Å². The first-order valence-corrected chi connectivity index (χ1v) is 10.4. The number of piperidine rings is 1. The molecular formula is C18H22N2O6S. The van der Waals surface area contributed by atoms with E-state index in [1.165, 1.54) is 23.4 Å². The molecule has 1 aromatic rings. The number of nitrogens with zero attached hydrogens (tertiary/aromatic N) is 2. The van der Waals surface area contributed by atoms with Crippen molar-refractivity contribution in [3.63, 3.8) is 0 Å². The summed E-state index contributed by atoms with van der Waals surface area (Å²) < 4.78 is 43.4. The van der Waals surface area contributed by atoms with Crippen molar-refractivity contribution in [1.82, 2.24) is 4.31 Å². The quantitative estimate of drug-likeness (QED) is 0.716. The molecule has 0 radical (unpaired) electrons. The lowest BCUT2D eigenvalue weighted by molar-refractivity contribution is -0.152. The van der Waals surface area contributed by atoms with E-state index in [2.05, 4.69) is 0 Å². The summed E-state index contributed by atoms with van der Waals surface area (Å²) in [6, 6.07) is 6.46. The van der Waals surface area contributed by atoms with E-state index in [9.17, 15) is 13.2 Å². The van der Waals surface area contributed by atoms with E-state index < -0.39 is 28.0 Å². The van der Waals surface area contributed by atoms with Gasteiger partial charge >= 0.3 is 5.97 Å². The number of hydrogen-bond donors (Lipinski definition) is 0. The number of fused-ring (bicyclic) bond motifs is 1. The number of hydrogen-bond acceptors (Lipinski definition) is 7. The minimum Gasteiger partial charge on any atom is -0.490 e. The van der Waals surface area contributed by atoms with Gasteiger partial charge in [-0.15, -0.1) is 0 Å². The van der Waals surface area contributed by atoms with Crippen LogP contribution in [-0.4, -0.2) is 51.1 Å². The molecule has 1 fully saturated rings. The Hall–Kier alpha value is -2.31. The molecule has 1 saturated heterocycles. The van der Waals surface area contributed by atoms with Gasteiger partial charge in [0.15, 0.2) is 17.6 Å². The van der Waals surface area contributed by atoms with Crippen molar-refractivity contribution in [3.8, 4) is 17.6 Å². The summed E-state index contributed by atoms with van der Waals surface area (Å²) in [4.78, 5) is 12.2. The third-order valence-corrected chi connectivity index (χ3v) is 6.51. The first kappa shape index (κ1) is 19.5. The van der Waals surface area contributed by atoms with Gasteiger partial charge in [0, 0.05) is 25.6 Å². The Bertz CT molecular complexity index is 840. The Balaban J connectivity index is 1.68. The number of rotatable bonds is 4. The van der Waals surface area contributed by atoms with Crippen molar-refractivity contribution in [1.29, 1.82) is 5.26 Å². The van der Waals surface area contributed by atoms with Gasteiger partial charge in [-0.05, 0) is 31.9 Å². The summed E-state index contributed by atoms with van der Waals surface area (Å²) in [7, 11) is -3.69. The summed E-state index contributed by atoms with van der Waals surface area (Å²) in [5, 5.41) is 8.72. The summed E-state index contributed by atoms with van der Waals surface area (Å²) in [6.07, 6.45) is 0.660. The van der Waals surface area contributed by atoms with E-state index in [0.29, 0.717) is 37.6 Å². The summed E-state index contributed by atoms with van der Waals surface area (Å²) in [5.41, 5.74) is 0. The van der Waals surface area contributed by atoms with Gasteiger partial charge in [0.05, 0.1) is 24.0 Å². The molecule has 146 valence electrons. The number of benzene rings is 1. The summed E-state index contributed by atoms with van der Waals surface area (Å²) in [6.45, 7) is 2.95. The Morgan fingerprint density at radius 1 is 1.26 bits per heavy atom. The molecule has 0 amide bonds. The molecule has 1 unspecified atom stereocenters. The van der Waals surface area contributed by atoms with Crippen LogP contribution in [0.4, 0.5) is 0 Å². The van der Waals surface area contributed by atoms with Gasteiger partial charge in [-0.1, -0.05) is 0 Å². The molecule has 0 bridgehead atoms. The lowest BCUT2D eigenvalue weighted by Crippen LogP contribution is -2.41. The smallest absolute Gasteiger partial charge is 0.310 e. The largest absolute Gasteiger partial charge is 0.490 e. The van der Waals surface area contributed by atoms with Crippen LogP contribution in [0.3, 0.4) is 0 Å². The van der Waals surface area contributed by atoms with Crippen LogP contribution in [0.1, 0.15) is 26.2 Å². The standard InChI is InChI=1S/C18H22N2O6S/c1-13(12-19)26-18(21)14-5-7-20(8-6-14)27(22,23)15-3-4-16-17(11-15)25-10-2-9-24-16/h3-4,11,13-14H,2,5-10H2,1H3. The van der Waals surface area contributed by atoms with Gasteiger partial charge in [-0.25, -0.2) is 8.42 Å². The molecular weight excluding hydrogens is 372 g/mol. The van der Waals surface area contributed by atoms with Crippen molar-refractivity contribution in [2.45, 2.75) is 37.2 Å². The molecule has 0 spiro atoms. The van der Waals surface area contributed by atoms with Gasteiger partial charge in [0.25, 0.3) is 0 Å². The van der Waals surface area contributed by atoms with Crippen molar-refractivity contribution in [3.05, 3.63) is 18.2 Å². The van der Waals surface area contributed by atoms with Crippen LogP contribution >= 0.6 is 0 Å². The second kappa shape index (κ2) is 8.15. The van der Waals surface area contributed by atoms with Crippen LogP contribution in [0, 0.1) is 17.2 Å². The highest BCUT2D eigenvalue weighted by molar-refractivity contribution is 7.89. The Morgan fingerprint density at radius 3 is 2.59 bits per heavy atom. The summed E-state index contributed by atoms with van der Waals surface area (Å²) in [5.74, 6) is 0.129. The van der Waals surface area contributed by atoms with Crippen LogP contribution in [-0.2, 0) is 19.6 Å². The maximum atomic E-state index is 12.9. The molecule has 3 rings (SSSR count). The SMILES string of the molecule is CC(C#N)OC(=O)C1CCN(S(=O)(=O)c2ccc3c(c2)OCCCO3)CC1. The number of esters is 1. The predicted octanol–water partition coefficient (Wildman–Crippen LogP) is 1.70. The maximum Gasteiger partial charge on any atom is 0.310 e. The molecule has 2 aliphatic rings. The highest BCUT2D eigenvalue weighted by atomic mass is 32.2. The molecule has 0 N–H and O–H groups in total. The third kappa shape index (κ3) is 4.34. The average molecular weight is 394 g/mol. The Kier molecular flexibility index (Phi) is 5.87. The van der Waals surface area contributed by atoms with Gasteiger partial charge in [-0.2, -0.15) is 9.57 Å². The van der Waals surface area contributed by atoms with Gasteiger partial charge in [-0.3, -0.25) is 4.79 Å². The summed E-state index contributed by atoms with van der Waals surface area (Å²) >= 11 is 0. The zero-order valence-electron chi connectivity index (χ0n) is 15.1. The van der Waals surface area contributed by atoms with Crippen molar-refractivity contribution >= 4 is 16.0 Å². The highest BCUT2D eigenvalue weighted by Gasteiger charge is 2.33. The second-order valence-corrected chi connectivity index (χ2v) is 8.48.